The van der Waals surface area contributed by atoms with Crippen LogP contribution in [0.3, 0.4) is 0 Å². The van der Waals surface area contributed by atoms with Crippen molar-refractivity contribution >= 4 is 5.91 Å². The number of carbonyl (C=O) groups is 1. The van der Waals surface area contributed by atoms with Crippen molar-refractivity contribution in [2.75, 3.05) is 39.3 Å². The first-order valence-corrected chi connectivity index (χ1v) is 9.47. The smallest absolute Gasteiger partial charge is 0.325 e. The monoisotopic (exact) mass is 364 g/mol. The van der Waals surface area contributed by atoms with Crippen LogP contribution in [-0.2, 0) is 16.0 Å². The Kier molecular flexibility index (Phi) is 6.26. The van der Waals surface area contributed by atoms with Gasteiger partial charge in [0.05, 0.1) is 12.5 Å². The number of likely N-dealkylation sites (tertiary alicyclic amines) is 1. The van der Waals surface area contributed by atoms with Gasteiger partial charge in [0.1, 0.15) is 0 Å². The van der Waals surface area contributed by atoms with Crippen LogP contribution in [0.1, 0.15) is 36.9 Å². The maximum absolute atomic E-state index is 12.8. The van der Waals surface area contributed by atoms with Crippen molar-refractivity contribution in [2.24, 2.45) is 0 Å². The van der Waals surface area contributed by atoms with E-state index in [-0.39, 0.29) is 18.4 Å². The van der Waals surface area contributed by atoms with Crippen molar-refractivity contribution in [3.8, 4) is 0 Å². The highest BCUT2D eigenvalue weighted by Crippen LogP contribution is 2.14. The zero-order chi connectivity index (χ0) is 18.5. The average molecular weight is 364 g/mol. The van der Waals surface area contributed by atoms with Crippen LogP contribution in [0.5, 0.6) is 0 Å². The van der Waals surface area contributed by atoms with Gasteiger partial charge in [-0.25, -0.2) is 4.79 Å². The predicted octanol–water partition coefficient (Wildman–Crippen LogP) is 0.0175. The van der Waals surface area contributed by atoms with E-state index in [9.17, 15) is 14.4 Å². The fraction of sp³-hybridized carbons (Fsp3) is 0.722. The maximum Gasteiger partial charge on any atom is 0.325 e. The number of aromatic amines is 2. The molecule has 0 spiro atoms. The topological polar surface area (TPSA) is 98.5 Å². The van der Waals surface area contributed by atoms with Gasteiger partial charge in [-0.15, -0.1) is 0 Å². The van der Waals surface area contributed by atoms with E-state index in [1.54, 1.807) is 11.8 Å². The Balaban J connectivity index is 1.64. The summed E-state index contributed by atoms with van der Waals surface area (Å²) in [5, 5.41) is 0. The lowest BCUT2D eigenvalue weighted by molar-refractivity contribution is -0.131. The minimum absolute atomic E-state index is 0.00557. The van der Waals surface area contributed by atoms with Gasteiger partial charge in [0.2, 0.25) is 5.91 Å². The summed E-state index contributed by atoms with van der Waals surface area (Å²) >= 11 is 0. The van der Waals surface area contributed by atoms with Gasteiger partial charge in [0, 0.05) is 37.5 Å². The first-order chi connectivity index (χ1) is 12.5. The SMILES string of the molecule is Cc1[nH]c(=O)[nH]c(=O)c1CC(=O)N1CCCO[C@@H](CN2CCCCC2)C1. The molecule has 8 heteroatoms. The first kappa shape index (κ1) is 18.8. The molecule has 1 aromatic heterocycles. The van der Waals surface area contributed by atoms with Crippen LogP contribution >= 0.6 is 0 Å². The van der Waals surface area contributed by atoms with Crippen molar-refractivity contribution in [1.29, 1.82) is 0 Å². The Labute approximate surface area is 152 Å². The van der Waals surface area contributed by atoms with Crippen molar-refractivity contribution < 1.29 is 9.53 Å². The van der Waals surface area contributed by atoms with Gasteiger partial charge in [0.15, 0.2) is 0 Å². The number of nitrogens with one attached hydrogen (secondary N) is 2. The summed E-state index contributed by atoms with van der Waals surface area (Å²) in [4.78, 5) is 45.0. The molecular formula is C18H28N4O4. The Morgan fingerprint density at radius 1 is 1.12 bits per heavy atom. The molecule has 1 amide bonds. The van der Waals surface area contributed by atoms with E-state index in [4.69, 9.17) is 4.74 Å². The van der Waals surface area contributed by atoms with Gasteiger partial charge in [-0.05, 0) is 39.3 Å². The van der Waals surface area contributed by atoms with Crippen LogP contribution in [0.4, 0.5) is 0 Å². The molecular weight excluding hydrogens is 336 g/mol. The zero-order valence-corrected chi connectivity index (χ0v) is 15.4. The molecule has 0 aliphatic carbocycles. The van der Waals surface area contributed by atoms with Gasteiger partial charge < -0.3 is 19.5 Å². The van der Waals surface area contributed by atoms with Crippen LogP contribution in [-0.4, -0.2) is 71.1 Å². The number of H-pyrrole nitrogens is 2. The fourth-order valence-electron chi connectivity index (χ4n) is 3.76. The lowest BCUT2D eigenvalue weighted by atomic mass is 10.1. The fourth-order valence-corrected chi connectivity index (χ4v) is 3.76. The zero-order valence-electron chi connectivity index (χ0n) is 15.4. The third-order valence-corrected chi connectivity index (χ3v) is 5.20. The molecule has 2 aliphatic heterocycles. The predicted molar refractivity (Wildman–Crippen MR) is 97.4 cm³/mol. The number of rotatable bonds is 4. The number of piperidine rings is 1. The number of amides is 1. The first-order valence-electron chi connectivity index (χ1n) is 9.47. The molecule has 2 fully saturated rings. The Bertz CT molecular complexity index is 735. The van der Waals surface area contributed by atoms with Crippen molar-refractivity contribution in [1.82, 2.24) is 19.8 Å². The molecule has 1 atom stereocenters. The summed E-state index contributed by atoms with van der Waals surface area (Å²) in [7, 11) is 0. The van der Waals surface area contributed by atoms with Gasteiger partial charge in [-0.3, -0.25) is 14.6 Å². The second kappa shape index (κ2) is 8.64. The standard InChI is InChI=1S/C18H28N4O4/c1-13-15(17(24)20-18(25)19-13)10-16(23)22-8-5-9-26-14(12-22)11-21-6-3-2-4-7-21/h14H,2-12H2,1H3,(H2,19,20,24,25)/t14-/m0/s1. The normalized spacial score (nSPS) is 22.2. The number of nitrogens with zero attached hydrogens (tertiary/aromatic N) is 2. The highest BCUT2D eigenvalue weighted by molar-refractivity contribution is 5.79. The summed E-state index contributed by atoms with van der Waals surface area (Å²) in [6.45, 7) is 6.53. The van der Waals surface area contributed by atoms with Crippen LogP contribution < -0.4 is 11.2 Å². The highest BCUT2D eigenvalue weighted by Gasteiger charge is 2.26. The number of aromatic nitrogens is 2. The molecule has 3 heterocycles. The second-order valence-corrected chi connectivity index (χ2v) is 7.24. The van der Waals surface area contributed by atoms with E-state index >= 15 is 0 Å². The molecule has 2 N–H and O–H groups in total. The molecule has 26 heavy (non-hydrogen) atoms. The molecule has 144 valence electrons. The second-order valence-electron chi connectivity index (χ2n) is 7.24. The number of ether oxygens (including phenoxy) is 1. The van der Waals surface area contributed by atoms with Gasteiger partial charge >= 0.3 is 5.69 Å². The van der Waals surface area contributed by atoms with E-state index in [0.717, 1.165) is 26.1 Å². The molecule has 0 bridgehead atoms. The van der Waals surface area contributed by atoms with E-state index < -0.39 is 11.2 Å². The van der Waals surface area contributed by atoms with Gasteiger partial charge in [0.25, 0.3) is 5.56 Å². The number of carbonyl (C=O) groups excluding carboxylic acids is 1. The van der Waals surface area contributed by atoms with Crippen LogP contribution in [0.2, 0.25) is 0 Å². The van der Waals surface area contributed by atoms with Crippen molar-refractivity contribution in [2.45, 2.75) is 45.1 Å². The van der Waals surface area contributed by atoms with E-state index in [1.165, 1.54) is 19.3 Å². The quantitative estimate of drug-likeness (QED) is 0.785. The molecule has 0 aromatic carbocycles. The van der Waals surface area contributed by atoms with Crippen molar-refractivity contribution in [3.05, 3.63) is 32.1 Å². The van der Waals surface area contributed by atoms with Gasteiger partial charge in [-0.2, -0.15) is 0 Å². The summed E-state index contributed by atoms with van der Waals surface area (Å²) in [6.07, 6.45) is 4.54. The van der Waals surface area contributed by atoms with E-state index in [1.807, 2.05) is 0 Å². The van der Waals surface area contributed by atoms with Crippen LogP contribution in [0.15, 0.2) is 9.59 Å². The minimum Gasteiger partial charge on any atom is -0.375 e. The van der Waals surface area contributed by atoms with Crippen LogP contribution in [0, 0.1) is 6.92 Å². The molecule has 2 saturated heterocycles. The third-order valence-electron chi connectivity index (χ3n) is 5.20. The summed E-state index contributed by atoms with van der Waals surface area (Å²) < 4.78 is 5.95. The number of hydrogen-bond donors (Lipinski definition) is 2. The molecule has 3 rings (SSSR count). The lowest BCUT2D eigenvalue weighted by Gasteiger charge is -2.31. The Morgan fingerprint density at radius 3 is 2.62 bits per heavy atom. The maximum atomic E-state index is 12.8. The molecule has 0 radical (unpaired) electrons. The Morgan fingerprint density at radius 2 is 1.88 bits per heavy atom. The molecule has 0 unspecified atom stereocenters. The van der Waals surface area contributed by atoms with Crippen LogP contribution in [0.25, 0.3) is 0 Å². The average Bonchev–Trinajstić information content (AvgIpc) is 2.84. The van der Waals surface area contributed by atoms with Crippen molar-refractivity contribution in [3.63, 3.8) is 0 Å². The lowest BCUT2D eigenvalue weighted by Crippen LogP contribution is -2.44. The molecule has 2 aliphatic rings. The third kappa shape index (κ3) is 4.82. The van der Waals surface area contributed by atoms with Gasteiger partial charge in [-0.1, -0.05) is 6.42 Å². The molecule has 8 nitrogen and oxygen atoms in total. The van der Waals surface area contributed by atoms with E-state index in [0.29, 0.717) is 31.0 Å². The Hall–Kier alpha value is -1.93. The highest BCUT2D eigenvalue weighted by atomic mass is 16.5. The molecule has 0 saturated carbocycles. The number of hydrogen-bond acceptors (Lipinski definition) is 5. The largest absolute Gasteiger partial charge is 0.375 e. The van der Waals surface area contributed by atoms with E-state index in [2.05, 4.69) is 14.9 Å². The summed E-state index contributed by atoms with van der Waals surface area (Å²) in [6, 6.07) is 0. The summed E-state index contributed by atoms with van der Waals surface area (Å²) in [5.41, 5.74) is -0.264. The minimum atomic E-state index is -0.548. The summed E-state index contributed by atoms with van der Waals surface area (Å²) in [5.74, 6) is -0.0974. The molecule has 1 aromatic rings. The number of aryl methyl sites for hydroxylation is 1.